The maximum Gasteiger partial charge on any atom is 0.433 e. The first-order valence-electron chi connectivity index (χ1n) is 8.57. The fourth-order valence-electron chi connectivity index (χ4n) is 2.77. The summed E-state index contributed by atoms with van der Waals surface area (Å²) in [5, 5.41) is 22.5. The van der Waals surface area contributed by atoms with Gasteiger partial charge in [-0.3, -0.25) is 15.1 Å². The number of ether oxygens (including phenoxy) is 1. The lowest BCUT2D eigenvalue weighted by Crippen LogP contribution is -2.32. The standard InChI is InChI=1S/C18H16ClN5O4/c19-14-1-3-15(4-2-14)23-12-13(11-20-22-7-9-27-10-8-22)18(21-23)16-5-6-17(28-16)24(25)26/h1-6,11-12H,7-10H2/b20-11+. The van der Waals surface area contributed by atoms with Gasteiger partial charge in [0.25, 0.3) is 0 Å². The molecule has 10 heteroatoms. The Morgan fingerprint density at radius 3 is 2.61 bits per heavy atom. The maximum atomic E-state index is 11.0. The summed E-state index contributed by atoms with van der Waals surface area (Å²) in [5.74, 6) is -0.0463. The molecule has 9 nitrogen and oxygen atoms in total. The molecule has 0 spiro atoms. The lowest BCUT2D eigenvalue weighted by Gasteiger charge is -2.23. The van der Waals surface area contributed by atoms with Crippen LogP contribution in [-0.4, -0.2) is 52.2 Å². The Kier molecular flexibility index (Phi) is 5.09. The number of hydrazone groups is 1. The summed E-state index contributed by atoms with van der Waals surface area (Å²) in [6.45, 7) is 2.64. The monoisotopic (exact) mass is 401 g/mol. The molecule has 3 aromatic rings. The van der Waals surface area contributed by atoms with Gasteiger partial charge in [0, 0.05) is 16.8 Å². The molecular formula is C18H16ClN5O4. The Morgan fingerprint density at radius 1 is 1.18 bits per heavy atom. The van der Waals surface area contributed by atoms with Crippen molar-refractivity contribution in [1.82, 2.24) is 14.8 Å². The van der Waals surface area contributed by atoms with Gasteiger partial charge in [0.2, 0.25) is 0 Å². The van der Waals surface area contributed by atoms with E-state index in [4.69, 9.17) is 20.8 Å². The summed E-state index contributed by atoms with van der Waals surface area (Å²) >= 11 is 5.95. The van der Waals surface area contributed by atoms with Gasteiger partial charge in [-0.15, -0.1) is 0 Å². The fraction of sp³-hybridized carbons (Fsp3) is 0.222. The predicted molar refractivity (Wildman–Crippen MR) is 103 cm³/mol. The van der Waals surface area contributed by atoms with E-state index >= 15 is 0 Å². The van der Waals surface area contributed by atoms with Gasteiger partial charge in [-0.2, -0.15) is 10.2 Å². The molecule has 0 unspecified atom stereocenters. The summed E-state index contributed by atoms with van der Waals surface area (Å²) in [5.41, 5.74) is 1.92. The summed E-state index contributed by atoms with van der Waals surface area (Å²) < 4.78 is 12.3. The van der Waals surface area contributed by atoms with Crippen LogP contribution in [0.25, 0.3) is 17.1 Å². The van der Waals surface area contributed by atoms with Crippen LogP contribution in [0.1, 0.15) is 5.56 Å². The minimum absolute atomic E-state index is 0.294. The first-order valence-corrected chi connectivity index (χ1v) is 8.95. The van der Waals surface area contributed by atoms with E-state index in [0.717, 1.165) is 5.69 Å². The second-order valence-electron chi connectivity index (χ2n) is 6.06. The number of morpholine rings is 1. The first kappa shape index (κ1) is 18.2. The number of aromatic nitrogens is 2. The van der Waals surface area contributed by atoms with Gasteiger partial charge in [0.15, 0.2) is 5.76 Å². The molecule has 0 atom stereocenters. The first-order chi connectivity index (χ1) is 13.6. The zero-order valence-electron chi connectivity index (χ0n) is 14.7. The van der Waals surface area contributed by atoms with E-state index in [1.807, 2.05) is 17.1 Å². The van der Waals surface area contributed by atoms with Crippen LogP contribution in [0.3, 0.4) is 0 Å². The number of nitro groups is 1. The lowest BCUT2D eigenvalue weighted by molar-refractivity contribution is -0.401. The van der Waals surface area contributed by atoms with Crippen molar-refractivity contribution in [2.75, 3.05) is 26.3 Å². The molecule has 0 amide bonds. The van der Waals surface area contributed by atoms with Crippen molar-refractivity contribution in [3.05, 3.63) is 63.3 Å². The van der Waals surface area contributed by atoms with Gasteiger partial charge < -0.3 is 9.15 Å². The molecule has 0 N–H and O–H groups in total. The SMILES string of the molecule is O=[N+]([O-])c1ccc(-c2nn(-c3ccc(Cl)cc3)cc2/C=N/N2CCOCC2)o1. The van der Waals surface area contributed by atoms with Crippen molar-refractivity contribution in [1.29, 1.82) is 0 Å². The van der Waals surface area contributed by atoms with Crippen LogP contribution in [0.2, 0.25) is 5.02 Å². The molecule has 0 saturated carbocycles. The molecule has 1 aromatic carbocycles. The molecule has 0 aliphatic carbocycles. The molecule has 1 fully saturated rings. The minimum atomic E-state index is -0.582. The van der Waals surface area contributed by atoms with Gasteiger partial charge in [-0.05, 0) is 30.3 Å². The quantitative estimate of drug-likeness (QED) is 0.369. The average Bonchev–Trinajstić information content (AvgIpc) is 3.35. The Morgan fingerprint density at radius 2 is 1.93 bits per heavy atom. The van der Waals surface area contributed by atoms with Gasteiger partial charge in [0.05, 0.1) is 44.3 Å². The molecular weight excluding hydrogens is 386 g/mol. The van der Waals surface area contributed by atoms with E-state index in [1.54, 1.807) is 29.2 Å². The van der Waals surface area contributed by atoms with Gasteiger partial charge in [-0.25, -0.2) is 4.68 Å². The van der Waals surface area contributed by atoms with Crippen molar-refractivity contribution < 1.29 is 14.1 Å². The van der Waals surface area contributed by atoms with E-state index in [0.29, 0.717) is 48.3 Å². The largest absolute Gasteiger partial charge is 0.433 e. The second kappa shape index (κ2) is 7.83. The Bertz CT molecular complexity index is 1010. The highest BCUT2D eigenvalue weighted by Gasteiger charge is 2.19. The molecule has 144 valence electrons. The summed E-state index contributed by atoms with van der Waals surface area (Å²) in [4.78, 5) is 10.4. The number of benzene rings is 1. The van der Waals surface area contributed by atoms with Crippen molar-refractivity contribution in [3.63, 3.8) is 0 Å². The third-order valence-corrected chi connectivity index (χ3v) is 4.44. The number of furan rings is 1. The molecule has 4 rings (SSSR count). The zero-order valence-corrected chi connectivity index (χ0v) is 15.5. The van der Waals surface area contributed by atoms with E-state index in [-0.39, 0.29) is 5.88 Å². The Hall–Kier alpha value is -3.17. The molecule has 1 saturated heterocycles. The van der Waals surface area contributed by atoms with Crippen molar-refractivity contribution in [2.45, 2.75) is 0 Å². The lowest BCUT2D eigenvalue weighted by atomic mass is 10.2. The van der Waals surface area contributed by atoms with Crippen LogP contribution in [0, 0.1) is 10.1 Å². The predicted octanol–water partition coefficient (Wildman–Crippen LogP) is 3.36. The Balaban J connectivity index is 1.71. The van der Waals surface area contributed by atoms with Crippen LogP contribution in [0.4, 0.5) is 5.88 Å². The highest BCUT2D eigenvalue weighted by molar-refractivity contribution is 6.30. The number of halogens is 1. The highest BCUT2D eigenvalue weighted by atomic mass is 35.5. The van der Waals surface area contributed by atoms with Gasteiger partial charge in [-0.1, -0.05) is 11.6 Å². The number of nitrogens with zero attached hydrogens (tertiary/aromatic N) is 5. The second-order valence-corrected chi connectivity index (χ2v) is 6.50. The number of hydrogen-bond donors (Lipinski definition) is 0. The molecule has 2 aromatic heterocycles. The Labute approximate surface area is 164 Å². The molecule has 28 heavy (non-hydrogen) atoms. The molecule has 1 aliphatic heterocycles. The normalized spacial score (nSPS) is 14.7. The molecule has 0 bridgehead atoms. The molecule has 3 heterocycles. The fourth-order valence-corrected chi connectivity index (χ4v) is 2.89. The average molecular weight is 402 g/mol. The van der Waals surface area contributed by atoms with Crippen LogP contribution in [-0.2, 0) is 4.74 Å². The number of hydrogen-bond acceptors (Lipinski definition) is 7. The smallest absolute Gasteiger partial charge is 0.399 e. The van der Waals surface area contributed by atoms with E-state index in [9.17, 15) is 10.1 Å². The van der Waals surface area contributed by atoms with E-state index < -0.39 is 4.92 Å². The van der Waals surface area contributed by atoms with Gasteiger partial charge in [0.1, 0.15) is 10.6 Å². The van der Waals surface area contributed by atoms with Crippen LogP contribution in [0.5, 0.6) is 0 Å². The summed E-state index contributed by atoms with van der Waals surface area (Å²) in [6, 6.07) is 10.0. The van der Waals surface area contributed by atoms with Crippen LogP contribution < -0.4 is 0 Å². The third-order valence-electron chi connectivity index (χ3n) is 4.19. The van der Waals surface area contributed by atoms with E-state index in [1.165, 1.54) is 12.1 Å². The third kappa shape index (κ3) is 3.90. The molecule has 0 radical (unpaired) electrons. The maximum absolute atomic E-state index is 11.0. The van der Waals surface area contributed by atoms with Crippen LogP contribution >= 0.6 is 11.6 Å². The topological polar surface area (TPSA) is 98.9 Å². The minimum Gasteiger partial charge on any atom is -0.399 e. The van der Waals surface area contributed by atoms with Gasteiger partial charge >= 0.3 is 5.88 Å². The number of rotatable bonds is 5. The van der Waals surface area contributed by atoms with Crippen LogP contribution in [0.15, 0.2) is 52.1 Å². The highest BCUT2D eigenvalue weighted by Crippen LogP contribution is 2.28. The van der Waals surface area contributed by atoms with Crippen molar-refractivity contribution >= 4 is 23.7 Å². The zero-order chi connectivity index (χ0) is 19.5. The molecule has 1 aliphatic rings. The summed E-state index contributed by atoms with van der Waals surface area (Å²) in [7, 11) is 0. The summed E-state index contributed by atoms with van der Waals surface area (Å²) in [6.07, 6.45) is 3.46. The van der Waals surface area contributed by atoms with E-state index in [2.05, 4.69) is 10.2 Å². The van der Waals surface area contributed by atoms with Crippen molar-refractivity contribution in [3.8, 4) is 17.1 Å². The van der Waals surface area contributed by atoms with Crippen molar-refractivity contribution in [2.24, 2.45) is 5.10 Å².